The smallest absolute Gasteiger partial charge is 0.407 e. The van der Waals surface area contributed by atoms with Gasteiger partial charge >= 0.3 is 11.7 Å². The summed E-state index contributed by atoms with van der Waals surface area (Å²) in [6.07, 6.45) is 7.49. The Kier molecular flexibility index (Phi) is 6.92. The monoisotopic (exact) mass is 558 g/mol. The van der Waals surface area contributed by atoms with Crippen LogP contribution in [-0.2, 0) is 0 Å². The Bertz CT molecular complexity index is 1170. The van der Waals surface area contributed by atoms with Crippen LogP contribution in [0.25, 0.3) is 0 Å². The highest BCUT2D eigenvalue weighted by Gasteiger charge is 2.70. The van der Waals surface area contributed by atoms with E-state index in [4.69, 9.17) is 4.42 Å². The van der Waals surface area contributed by atoms with Crippen molar-refractivity contribution < 1.29 is 29.6 Å². The van der Waals surface area contributed by atoms with Crippen LogP contribution in [0.5, 0.6) is 0 Å². The molecule has 0 radical (unpaired) electrons. The standard InChI is InChI=1S/C31H46N2O7/c1-28-10-5-21(33(27(36)37)16-15-32-14-9-22(34)18-32)17-30(28,38)12-7-25-24(28)6-11-29(2)23(8-13-31(25,29)39)20-3-4-26(35)40-19-20/h3-4,19,21-25,34,38-39H,5-18H2,1-2H3,(H,36,37)/t21-,22+,23+,24-,25+,28+,29+,30-,31-/m0/s1. The zero-order chi connectivity index (χ0) is 28.5. The maximum atomic E-state index is 12.5. The molecule has 0 aromatic carbocycles. The fourth-order valence-corrected chi connectivity index (χ4v) is 10.3. The maximum absolute atomic E-state index is 12.5. The van der Waals surface area contributed by atoms with Crippen molar-refractivity contribution in [1.29, 1.82) is 0 Å². The van der Waals surface area contributed by atoms with E-state index < -0.39 is 17.3 Å². The first kappa shape index (κ1) is 28.2. The van der Waals surface area contributed by atoms with E-state index in [-0.39, 0.29) is 46.4 Å². The van der Waals surface area contributed by atoms with Gasteiger partial charge in [0.1, 0.15) is 0 Å². The first-order chi connectivity index (χ1) is 18.9. The molecule has 40 heavy (non-hydrogen) atoms. The van der Waals surface area contributed by atoms with Crippen LogP contribution in [-0.4, -0.2) is 85.8 Å². The van der Waals surface area contributed by atoms with E-state index in [1.54, 1.807) is 6.26 Å². The zero-order valence-electron chi connectivity index (χ0n) is 23.9. The quantitative estimate of drug-likeness (QED) is 0.432. The zero-order valence-corrected chi connectivity index (χ0v) is 23.9. The second-order valence-electron chi connectivity index (χ2n) is 14.2. The lowest BCUT2D eigenvalue weighted by Crippen LogP contribution is -2.68. The van der Waals surface area contributed by atoms with Crippen molar-refractivity contribution in [3.63, 3.8) is 0 Å². The third kappa shape index (κ3) is 4.17. The van der Waals surface area contributed by atoms with E-state index in [0.29, 0.717) is 45.3 Å². The average Bonchev–Trinajstić information content (AvgIpc) is 3.44. The van der Waals surface area contributed by atoms with Gasteiger partial charge in [0.05, 0.1) is 23.6 Å². The van der Waals surface area contributed by atoms with Gasteiger partial charge in [-0.05, 0) is 99.0 Å². The van der Waals surface area contributed by atoms with E-state index in [1.165, 1.54) is 11.0 Å². The van der Waals surface area contributed by atoms with Gasteiger partial charge < -0.3 is 29.7 Å². The van der Waals surface area contributed by atoms with Gasteiger partial charge in [-0.15, -0.1) is 0 Å². The van der Waals surface area contributed by atoms with Crippen molar-refractivity contribution in [2.45, 2.75) is 107 Å². The number of likely N-dealkylation sites (tertiary alicyclic amines) is 1. The van der Waals surface area contributed by atoms with Gasteiger partial charge in [-0.3, -0.25) is 4.90 Å². The Labute approximate surface area is 236 Å². The minimum absolute atomic E-state index is 0.0750. The highest BCUT2D eigenvalue weighted by molar-refractivity contribution is 5.65. The first-order valence-electron chi connectivity index (χ1n) is 15.3. The molecule has 6 rings (SSSR count). The molecular weight excluding hydrogens is 512 g/mol. The van der Waals surface area contributed by atoms with Crippen molar-refractivity contribution in [2.75, 3.05) is 26.2 Å². The van der Waals surface area contributed by atoms with Gasteiger partial charge in [-0.2, -0.15) is 0 Å². The Morgan fingerprint density at radius 1 is 1.02 bits per heavy atom. The van der Waals surface area contributed by atoms with Crippen LogP contribution in [0.4, 0.5) is 4.79 Å². The SMILES string of the molecule is C[C@]12CC[C@H](N(CCN3CC[C@@H](O)C3)C(=O)O)C[C@@]1(O)CC[C@@H]1[C@@H]2CC[C@]2(C)[C@@H](c3ccc(=O)oc3)CC[C@]12O. The van der Waals surface area contributed by atoms with Crippen LogP contribution in [0.15, 0.2) is 27.6 Å². The largest absolute Gasteiger partial charge is 0.465 e. The summed E-state index contributed by atoms with van der Waals surface area (Å²) in [5.41, 5.74) is -1.93. The van der Waals surface area contributed by atoms with Crippen molar-refractivity contribution in [3.8, 4) is 0 Å². The van der Waals surface area contributed by atoms with E-state index in [1.807, 2.05) is 6.07 Å². The topological polar surface area (TPSA) is 135 Å². The number of rotatable bonds is 5. The average molecular weight is 559 g/mol. The molecule has 1 aromatic rings. The van der Waals surface area contributed by atoms with Crippen molar-refractivity contribution in [3.05, 3.63) is 34.4 Å². The molecule has 4 aliphatic carbocycles. The third-order valence-corrected chi connectivity index (χ3v) is 12.7. The number of carboxylic acid groups (broad SMARTS) is 1. The summed E-state index contributed by atoms with van der Waals surface area (Å²) < 4.78 is 5.20. The Morgan fingerprint density at radius 3 is 2.45 bits per heavy atom. The molecule has 5 fully saturated rings. The molecule has 4 saturated carbocycles. The van der Waals surface area contributed by atoms with Crippen LogP contribution in [0.3, 0.4) is 0 Å². The van der Waals surface area contributed by atoms with Crippen LogP contribution < -0.4 is 5.63 Å². The molecule has 0 bridgehead atoms. The number of hydrogen-bond acceptors (Lipinski definition) is 7. The van der Waals surface area contributed by atoms with Crippen molar-refractivity contribution >= 4 is 6.09 Å². The van der Waals surface area contributed by atoms with E-state index in [2.05, 4.69) is 18.7 Å². The minimum atomic E-state index is -0.973. The molecule has 4 N–H and O–H groups in total. The number of β-amino-alcohol motifs (C(OH)–C–C–N with tert-alkyl or cyclic N) is 1. The van der Waals surface area contributed by atoms with Gasteiger partial charge in [0.25, 0.3) is 0 Å². The Morgan fingerprint density at radius 2 is 1.77 bits per heavy atom. The second-order valence-corrected chi connectivity index (χ2v) is 14.2. The van der Waals surface area contributed by atoms with Gasteiger partial charge in [0.2, 0.25) is 0 Å². The molecule has 222 valence electrons. The fraction of sp³-hybridized carbons (Fsp3) is 0.806. The molecule has 0 unspecified atom stereocenters. The number of aliphatic hydroxyl groups is 3. The second kappa shape index (κ2) is 9.82. The summed E-state index contributed by atoms with van der Waals surface area (Å²) in [6, 6.07) is 3.08. The van der Waals surface area contributed by atoms with Crippen LogP contribution in [0.1, 0.15) is 89.5 Å². The van der Waals surface area contributed by atoms with E-state index >= 15 is 0 Å². The maximum Gasteiger partial charge on any atom is 0.407 e. The Hall–Kier alpha value is -1.94. The molecule has 9 heteroatoms. The minimum Gasteiger partial charge on any atom is -0.465 e. The molecule has 2 heterocycles. The van der Waals surface area contributed by atoms with E-state index in [0.717, 1.165) is 50.6 Å². The number of nitrogens with zero attached hydrogens (tertiary/aromatic N) is 2. The molecule has 1 aliphatic heterocycles. The number of amides is 1. The van der Waals surface area contributed by atoms with E-state index in [9.17, 15) is 30.0 Å². The van der Waals surface area contributed by atoms with Crippen molar-refractivity contribution in [2.24, 2.45) is 22.7 Å². The lowest BCUT2D eigenvalue weighted by Gasteiger charge is -2.66. The van der Waals surface area contributed by atoms with Gasteiger partial charge in [0.15, 0.2) is 0 Å². The fourth-order valence-electron chi connectivity index (χ4n) is 10.3. The molecule has 9 nitrogen and oxygen atoms in total. The summed E-state index contributed by atoms with van der Waals surface area (Å²) in [6.45, 7) is 6.75. The highest BCUT2D eigenvalue weighted by Crippen LogP contribution is 2.71. The van der Waals surface area contributed by atoms with Gasteiger partial charge in [0, 0.05) is 43.7 Å². The predicted molar refractivity (Wildman–Crippen MR) is 148 cm³/mol. The normalized spacial score (nSPS) is 45.0. The lowest BCUT2D eigenvalue weighted by molar-refractivity contribution is -0.249. The number of fused-ring (bicyclic) bond motifs is 5. The summed E-state index contributed by atoms with van der Waals surface area (Å²) >= 11 is 0. The molecular formula is C31H46N2O7. The predicted octanol–water partition coefficient (Wildman–Crippen LogP) is 3.41. The summed E-state index contributed by atoms with van der Waals surface area (Å²) in [5.74, 6) is 0.362. The number of carbonyl (C=O) groups is 1. The Balaban J connectivity index is 1.20. The number of aliphatic hydroxyl groups excluding tert-OH is 1. The first-order valence-corrected chi connectivity index (χ1v) is 15.3. The summed E-state index contributed by atoms with van der Waals surface area (Å²) in [7, 11) is 0. The summed E-state index contributed by atoms with van der Waals surface area (Å²) in [4.78, 5) is 27.5. The highest BCUT2D eigenvalue weighted by atomic mass is 16.4. The molecule has 5 aliphatic rings. The molecule has 0 spiro atoms. The molecule has 1 saturated heterocycles. The van der Waals surface area contributed by atoms with Crippen LogP contribution in [0.2, 0.25) is 0 Å². The molecule has 1 aromatic heterocycles. The third-order valence-electron chi connectivity index (χ3n) is 12.7. The van der Waals surface area contributed by atoms with Crippen LogP contribution in [0, 0.1) is 22.7 Å². The van der Waals surface area contributed by atoms with Crippen molar-refractivity contribution in [1.82, 2.24) is 9.80 Å². The lowest BCUT2D eigenvalue weighted by atomic mass is 9.41. The number of hydrogen-bond donors (Lipinski definition) is 4. The van der Waals surface area contributed by atoms with Crippen LogP contribution >= 0.6 is 0 Å². The summed E-state index contributed by atoms with van der Waals surface area (Å²) in [5, 5.41) is 44.7. The van der Waals surface area contributed by atoms with Gasteiger partial charge in [-0.25, -0.2) is 9.59 Å². The van der Waals surface area contributed by atoms with Gasteiger partial charge in [-0.1, -0.05) is 13.8 Å². The molecule has 1 amide bonds. The molecule has 9 atom stereocenters.